The number of carbonyl (C=O) groups excluding carboxylic acids is 2. The standard InChI is InChI=1S/C24H28N2O3/c1-23(2,3)18-11-17(12-19(13-18)24(4,5)6)22(28)29-15-21(27)26-20-10-8-7-9-16(20)14-25/h7-13H,15H2,1-6H3,(H,26,27). The van der Waals surface area contributed by atoms with Gasteiger partial charge in [0.15, 0.2) is 6.61 Å². The third kappa shape index (κ3) is 5.92. The van der Waals surface area contributed by atoms with E-state index in [0.29, 0.717) is 16.8 Å². The van der Waals surface area contributed by atoms with Crippen molar-refractivity contribution >= 4 is 17.6 Å². The number of amides is 1. The Hall–Kier alpha value is -3.13. The Morgan fingerprint density at radius 2 is 1.52 bits per heavy atom. The Morgan fingerprint density at radius 1 is 0.966 bits per heavy atom. The minimum Gasteiger partial charge on any atom is -0.452 e. The van der Waals surface area contributed by atoms with Crippen LogP contribution in [0.2, 0.25) is 0 Å². The summed E-state index contributed by atoms with van der Waals surface area (Å²) in [6.07, 6.45) is 0. The highest BCUT2D eigenvalue weighted by Crippen LogP contribution is 2.30. The van der Waals surface area contributed by atoms with Crippen molar-refractivity contribution in [3.8, 4) is 6.07 Å². The Balaban J connectivity index is 2.16. The lowest BCUT2D eigenvalue weighted by atomic mass is 9.79. The quantitative estimate of drug-likeness (QED) is 0.747. The number of carbonyl (C=O) groups is 2. The number of ether oxygens (including phenoxy) is 1. The van der Waals surface area contributed by atoms with E-state index in [4.69, 9.17) is 10.00 Å². The molecule has 2 aromatic carbocycles. The lowest BCUT2D eigenvalue weighted by Gasteiger charge is -2.25. The number of nitrogens with zero attached hydrogens (tertiary/aromatic N) is 1. The van der Waals surface area contributed by atoms with Crippen molar-refractivity contribution < 1.29 is 14.3 Å². The molecule has 1 amide bonds. The molecule has 0 fully saturated rings. The summed E-state index contributed by atoms with van der Waals surface area (Å²) in [5, 5.41) is 11.7. The average molecular weight is 392 g/mol. The molecule has 0 aliphatic carbocycles. The Morgan fingerprint density at radius 3 is 2.03 bits per heavy atom. The molecule has 0 radical (unpaired) electrons. The summed E-state index contributed by atoms with van der Waals surface area (Å²) in [5.41, 5.74) is 2.96. The average Bonchev–Trinajstić information content (AvgIpc) is 2.64. The molecule has 0 aliphatic rings. The second kappa shape index (κ2) is 8.48. The van der Waals surface area contributed by atoms with Gasteiger partial charge in [0, 0.05) is 0 Å². The van der Waals surface area contributed by atoms with Gasteiger partial charge in [0.1, 0.15) is 6.07 Å². The van der Waals surface area contributed by atoms with E-state index in [1.165, 1.54) is 0 Å². The maximum absolute atomic E-state index is 12.6. The molecular formula is C24H28N2O3. The lowest BCUT2D eigenvalue weighted by Crippen LogP contribution is -2.22. The molecule has 0 aliphatic heterocycles. The Kier molecular flexibility index (Phi) is 6.48. The molecular weight excluding hydrogens is 364 g/mol. The van der Waals surface area contributed by atoms with Gasteiger partial charge in [-0.3, -0.25) is 4.79 Å². The minimum absolute atomic E-state index is 0.130. The molecule has 5 heteroatoms. The van der Waals surface area contributed by atoms with Crippen molar-refractivity contribution in [3.05, 3.63) is 64.7 Å². The van der Waals surface area contributed by atoms with Crippen molar-refractivity contribution in [1.29, 1.82) is 5.26 Å². The van der Waals surface area contributed by atoms with Crippen molar-refractivity contribution in [2.24, 2.45) is 0 Å². The first-order valence-corrected chi connectivity index (χ1v) is 9.54. The molecule has 1 N–H and O–H groups in total. The molecule has 0 atom stereocenters. The summed E-state index contributed by atoms with van der Waals surface area (Å²) in [7, 11) is 0. The molecule has 0 saturated heterocycles. The van der Waals surface area contributed by atoms with Gasteiger partial charge < -0.3 is 10.1 Å². The van der Waals surface area contributed by atoms with Crippen LogP contribution in [-0.4, -0.2) is 18.5 Å². The van der Waals surface area contributed by atoms with Crippen molar-refractivity contribution in [1.82, 2.24) is 0 Å². The molecule has 2 aromatic rings. The molecule has 0 bridgehead atoms. The van der Waals surface area contributed by atoms with Crippen molar-refractivity contribution in [2.75, 3.05) is 11.9 Å². The van der Waals surface area contributed by atoms with Gasteiger partial charge in [0.25, 0.3) is 5.91 Å². The van der Waals surface area contributed by atoms with Crippen LogP contribution < -0.4 is 5.32 Å². The smallest absolute Gasteiger partial charge is 0.338 e. The number of hydrogen-bond acceptors (Lipinski definition) is 4. The van der Waals surface area contributed by atoms with Gasteiger partial charge in [-0.1, -0.05) is 59.7 Å². The summed E-state index contributed by atoms with van der Waals surface area (Å²) in [5.74, 6) is -1.05. The molecule has 29 heavy (non-hydrogen) atoms. The van der Waals surface area contributed by atoms with Gasteiger partial charge >= 0.3 is 5.97 Å². The number of para-hydroxylation sites is 1. The van der Waals surface area contributed by atoms with Crippen LogP contribution in [0.5, 0.6) is 0 Å². The topological polar surface area (TPSA) is 79.2 Å². The van der Waals surface area contributed by atoms with Crippen LogP contribution in [-0.2, 0) is 20.4 Å². The number of nitriles is 1. The van der Waals surface area contributed by atoms with E-state index < -0.39 is 18.5 Å². The van der Waals surface area contributed by atoms with E-state index in [0.717, 1.165) is 11.1 Å². The zero-order valence-corrected chi connectivity index (χ0v) is 17.9. The number of nitrogens with one attached hydrogen (secondary N) is 1. The predicted octanol–water partition coefficient (Wildman–Crippen LogP) is 4.95. The number of hydrogen-bond donors (Lipinski definition) is 1. The van der Waals surface area contributed by atoms with Crippen molar-refractivity contribution in [2.45, 2.75) is 52.4 Å². The second-order valence-electron chi connectivity index (χ2n) is 9.08. The van der Waals surface area contributed by atoms with Crippen LogP contribution in [0.3, 0.4) is 0 Å². The van der Waals surface area contributed by atoms with Crippen LogP contribution in [0.1, 0.15) is 68.6 Å². The van der Waals surface area contributed by atoms with Gasteiger partial charge in [-0.2, -0.15) is 5.26 Å². The third-order valence-electron chi connectivity index (χ3n) is 4.56. The van der Waals surface area contributed by atoms with Crippen molar-refractivity contribution in [3.63, 3.8) is 0 Å². The fourth-order valence-electron chi connectivity index (χ4n) is 2.70. The van der Waals surface area contributed by atoms with Crippen LogP contribution in [0, 0.1) is 11.3 Å². The molecule has 5 nitrogen and oxygen atoms in total. The van der Waals surface area contributed by atoms with Gasteiger partial charge in [0.2, 0.25) is 0 Å². The SMILES string of the molecule is CC(C)(C)c1cc(C(=O)OCC(=O)Nc2ccccc2C#N)cc(C(C)(C)C)c1. The number of esters is 1. The fraction of sp³-hybridized carbons (Fsp3) is 0.375. The summed E-state index contributed by atoms with van der Waals surface area (Å²) < 4.78 is 5.24. The highest BCUT2D eigenvalue weighted by molar-refractivity contribution is 5.96. The summed E-state index contributed by atoms with van der Waals surface area (Å²) in [6.45, 7) is 12.1. The number of anilines is 1. The first-order valence-electron chi connectivity index (χ1n) is 9.54. The van der Waals surface area contributed by atoms with Crippen LogP contribution in [0.25, 0.3) is 0 Å². The first-order chi connectivity index (χ1) is 13.4. The zero-order chi connectivity index (χ0) is 21.8. The lowest BCUT2D eigenvalue weighted by molar-refractivity contribution is -0.119. The third-order valence-corrected chi connectivity index (χ3v) is 4.56. The minimum atomic E-state index is -0.551. The molecule has 152 valence electrons. The van der Waals surface area contributed by atoms with E-state index in [1.54, 1.807) is 24.3 Å². The normalized spacial score (nSPS) is 11.5. The maximum Gasteiger partial charge on any atom is 0.338 e. The molecule has 0 heterocycles. The predicted molar refractivity (Wildman–Crippen MR) is 114 cm³/mol. The van der Waals surface area contributed by atoms with E-state index in [2.05, 4.69) is 52.9 Å². The van der Waals surface area contributed by atoms with Crippen LogP contribution in [0.15, 0.2) is 42.5 Å². The number of rotatable bonds is 4. The van der Waals surface area contributed by atoms with E-state index in [1.807, 2.05) is 18.2 Å². The molecule has 0 saturated carbocycles. The molecule has 0 unspecified atom stereocenters. The first kappa shape index (κ1) is 22.2. The monoisotopic (exact) mass is 392 g/mol. The van der Waals surface area contributed by atoms with Gasteiger partial charge in [-0.05, 0) is 46.2 Å². The molecule has 0 spiro atoms. The van der Waals surface area contributed by atoms with Gasteiger partial charge in [-0.25, -0.2) is 4.79 Å². The van der Waals surface area contributed by atoms with E-state index in [-0.39, 0.29) is 10.8 Å². The summed E-state index contributed by atoms with van der Waals surface area (Å²) in [4.78, 5) is 24.8. The van der Waals surface area contributed by atoms with E-state index in [9.17, 15) is 9.59 Å². The highest BCUT2D eigenvalue weighted by atomic mass is 16.5. The summed E-state index contributed by atoms with van der Waals surface area (Å²) >= 11 is 0. The van der Waals surface area contributed by atoms with Crippen LogP contribution >= 0.6 is 0 Å². The molecule has 0 aromatic heterocycles. The summed E-state index contributed by atoms with van der Waals surface area (Å²) in [6, 6.07) is 14.4. The van der Waals surface area contributed by atoms with Crippen LogP contribution in [0.4, 0.5) is 5.69 Å². The van der Waals surface area contributed by atoms with Gasteiger partial charge in [-0.15, -0.1) is 0 Å². The van der Waals surface area contributed by atoms with Gasteiger partial charge in [0.05, 0.1) is 16.8 Å². The second-order valence-corrected chi connectivity index (χ2v) is 9.08. The Labute approximate surface area is 172 Å². The maximum atomic E-state index is 12.6. The molecule has 2 rings (SSSR count). The Bertz CT molecular complexity index is 925. The van der Waals surface area contributed by atoms with E-state index >= 15 is 0 Å². The fourth-order valence-corrected chi connectivity index (χ4v) is 2.70. The highest BCUT2D eigenvalue weighted by Gasteiger charge is 2.23. The largest absolute Gasteiger partial charge is 0.452 e. The zero-order valence-electron chi connectivity index (χ0n) is 17.9. The number of benzene rings is 2.